The van der Waals surface area contributed by atoms with E-state index >= 15 is 0 Å². The number of carbonyl (C=O) groups is 2. The van der Waals surface area contributed by atoms with Gasteiger partial charge in [0, 0.05) is 4.88 Å². The Balaban J connectivity index is 1.82. The van der Waals surface area contributed by atoms with Gasteiger partial charge in [-0.15, -0.1) is 11.3 Å². The maximum atomic E-state index is 11.8. The molecule has 22 heavy (non-hydrogen) atoms. The zero-order valence-corrected chi connectivity index (χ0v) is 13.7. The van der Waals surface area contributed by atoms with Crippen LogP contribution in [0.5, 0.6) is 0 Å². The van der Waals surface area contributed by atoms with Crippen molar-refractivity contribution in [1.29, 1.82) is 0 Å². The summed E-state index contributed by atoms with van der Waals surface area (Å²) in [6.07, 6.45) is 0. The van der Waals surface area contributed by atoms with Crippen LogP contribution in [0.15, 0.2) is 36.4 Å². The number of esters is 1. The number of benzene rings is 1. The van der Waals surface area contributed by atoms with E-state index in [4.69, 9.17) is 4.74 Å². The molecule has 0 saturated carbocycles. The summed E-state index contributed by atoms with van der Waals surface area (Å²) in [7, 11) is 0. The maximum absolute atomic E-state index is 11.8. The van der Waals surface area contributed by atoms with Gasteiger partial charge in [-0.3, -0.25) is 4.79 Å². The van der Waals surface area contributed by atoms with Crippen LogP contribution in [0.4, 0.5) is 0 Å². The molecule has 5 heteroatoms. The van der Waals surface area contributed by atoms with Crippen LogP contribution in [0.3, 0.4) is 0 Å². The largest absolute Gasteiger partial charge is 0.451 e. The second-order valence-electron chi connectivity index (χ2n) is 5.19. The van der Waals surface area contributed by atoms with Gasteiger partial charge in [-0.25, -0.2) is 4.79 Å². The molecule has 2 rings (SSSR count). The third-order valence-corrected chi connectivity index (χ3v) is 4.21. The van der Waals surface area contributed by atoms with Gasteiger partial charge in [-0.2, -0.15) is 0 Å². The van der Waals surface area contributed by atoms with Crippen molar-refractivity contribution in [3.05, 3.63) is 57.3 Å². The molecule has 4 nitrogen and oxygen atoms in total. The van der Waals surface area contributed by atoms with Crippen molar-refractivity contribution in [2.45, 2.75) is 26.8 Å². The van der Waals surface area contributed by atoms with E-state index in [9.17, 15) is 9.59 Å². The molecule has 2 aromatic rings. The standard InChI is InChI=1S/C17H19NO3S/c1-11-4-7-14(8-5-11)13(3)18-16(19)10-21-17(20)15-9-6-12(2)22-15/h4-9,13H,10H2,1-3H3,(H,18,19). The Morgan fingerprint density at radius 1 is 1.14 bits per heavy atom. The summed E-state index contributed by atoms with van der Waals surface area (Å²) in [5.74, 6) is -0.772. The van der Waals surface area contributed by atoms with Crippen molar-refractivity contribution in [1.82, 2.24) is 5.32 Å². The molecule has 0 aliphatic rings. The fourth-order valence-corrected chi connectivity index (χ4v) is 2.73. The third-order valence-electron chi connectivity index (χ3n) is 3.23. The first-order chi connectivity index (χ1) is 10.5. The SMILES string of the molecule is Cc1ccc(C(C)NC(=O)COC(=O)c2ccc(C)s2)cc1. The molecular formula is C17H19NO3S. The average Bonchev–Trinajstić information content (AvgIpc) is 2.92. The highest BCUT2D eigenvalue weighted by molar-refractivity contribution is 7.13. The number of thiophene rings is 1. The van der Waals surface area contributed by atoms with Gasteiger partial charge in [0.15, 0.2) is 6.61 Å². The highest BCUT2D eigenvalue weighted by Gasteiger charge is 2.14. The first-order valence-electron chi connectivity index (χ1n) is 7.05. The molecule has 0 bridgehead atoms. The van der Waals surface area contributed by atoms with Gasteiger partial charge >= 0.3 is 5.97 Å². The van der Waals surface area contributed by atoms with Crippen molar-refractivity contribution in [3.63, 3.8) is 0 Å². The van der Waals surface area contributed by atoms with E-state index in [1.807, 2.05) is 51.1 Å². The Kier molecular flexibility index (Phi) is 5.33. The lowest BCUT2D eigenvalue weighted by Gasteiger charge is -2.14. The van der Waals surface area contributed by atoms with E-state index in [1.165, 1.54) is 16.9 Å². The monoisotopic (exact) mass is 317 g/mol. The fourth-order valence-electron chi connectivity index (χ4n) is 1.97. The number of amides is 1. The molecular weight excluding hydrogens is 298 g/mol. The Morgan fingerprint density at radius 3 is 2.41 bits per heavy atom. The molecule has 1 N–H and O–H groups in total. The fraction of sp³-hybridized carbons (Fsp3) is 0.294. The first kappa shape index (κ1) is 16.2. The van der Waals surface area contributed by atoms with Gasteiger partial charge in [-0.1, -0.05) is 29.8 Å². The van der Waals surface area contributed by atoms with Crippen molar-refractivity contribution >= 4 is 23.2 Å². The lowest BCUT2D eigenvalue weighted by Crippen LogP contribution is -2.31. The Bertz CT molecular complexity index is 661. The normalized spacial score (nSPS) is 11.8. The van der Waals surface area contributed by atoms with E-state index in [1.54, 1.807) is 6.07 Å². The summed E-state index contributed by atoms with van der Waals surface area (Å²) < 4.78 is 5.02. The van der Waals surface area contributed by atoms with Crippen molar-refractivity contribution in [3.8, 4) is 0 Å². The summed E-state index contributed by atoms with van der Waals surface area (Å²) in [5.41, 5.74) is 2.18. The van der Waals surface area contributed by atoms with Crippen molar-refractivity contribution < 1.29 is 14.3 Å². The highest BCUT2D eigenvalue weighted by atomic mass is 32.1. The number of nitrogens with one attached hydrogen (secondary N) is 1. The Hall–Kier alpha value is -2.14. The quantitative estimate of drug-likeness (QED) is 0.860. The molecule has 116 valence electrons. The number of aryl methyl sites for hydroxylation is 2. The highest BCUT2D eigenvalue weighted by Crippen LogP contribution is 2.16. The number of ether oxygens (including phenoxy) is 1. The lowest BCUT2D eigenvalue weighted by molar-refractivity contribution is -0.124. The minimum Gasteiger partial charge on any atom is -0.451 e. The Labute approximate surface area is 134 Å². The summed E-state index contributed by atoms with van der Waals surface area (Å²) in [6, 6.07) is 11.4. The first-order valence-corrected chi connectivity index (χ1v) is 7.87. The minimum absolute atomic E-state index is 0.129. The van der Waals surface area contributed by atoms with E-state index in [2.05, 4.69) is 5.32 Å². The maximum Gasteiger partial charge on any atom is 0.348 e. The molecule has 1 unspecified atom stereocenters. The number of hydrogen-bond acceptors (Lipinski definition) is 4. The van der Waals surface area contributed by atoms with Gasteiger partial charge in [0.1, 0.15) is 4.88 Å². The van der Waals surface area contributed by atoms with Crippen LogP contribution in [0, 0.1) is 13.8 Å². The van der Waals surface area contributed by atoms with Crippen molar-refractivity contribution in [2.75, 3.05) is 6.61 Å². The molecule has 1 aromatic heterocycles. The summed E-state index contributed by atoms with van der Waals surface area (Å²) >= 11 is 1.35. The van der Waals surface area contributed by atoms with Gasteiger partial charge in [0.25, 0.3) is 5.91 Å². The molecule has 0 fully saturated rings. The average molecular weight is 317 g/mol. The zero-order valence-electron chi connectivity index (χ0n) is 12.9. The van der Waals surface area contributed by atoms with Gasteiger partial charge in [0.05, 0.1) is 6.04 Å². The molecule has 0 saturated heterocycles. The second kappa shape index (κ2) is 7.22. The minimum atomic E-state index is -0.462. The number of carbonyl (C=O) groups excluding carboxylic acids is 2. The molecule has 1 aromatic carbocycles. The van der Waals surface area contributed by atoms with Crippen LogP contribution in [0.2, 0.25) is 0 Å². The van der Waals surface area contributed by atoms with Crippen LogP contribution >= 0.6 is 11.3 Å². The summed E-state index contributed by atoms with van der Waals surface area (Å²) in [5, 5.41) is 2.81. The Morgan fingerprint density at radius 2 is 1.82 bits per heavy atom. The smallest absolute Gasteiger partial charge is 0.348 e. The lowest BCUT2D eigenvalue weighted by atomic mass is 10.1. The third kappa shape index (κ3) is 4.43. The number of rotatable bonds is 5. The van der Waals surface area contributed by atoms with E-state index in [0.717, 1.165) is 10.4 Å². The second-order valence-corrected chi connectivity index (χ2v) is 6.47. The van der Waals surface area contributed by atoms with Gasteiger partial charge in [0.2, 0.25) is 0 Å². The summed E-state index contributed by atoms with van der Waals surface area (Å²) in [4.78, 5) is 25.2. The molecule has 1 atom stereocenters. The molecule has 0 radical (unpaired) electrons. The van der Waals surface area contributed by atoms with Crippen LogP contribution < -0.4 is 5.32 Å². The van der Waals surface area contributed by atoms with E-state index < -0.39 is 5.97 Å². The number of hydrogen-bond donors (Lipinski definition) is 1. The molecule has 1 heterocycles. The van der Waals surface area contributed by atoms with Gasteiger partial charge < -0.3 is 10.1 Å². The summed E-state index contributed by atoms with van der Waals surface area (Å²) in [6.45, 7) is 5.55. The zero-order chi connectivity index (χ0) is 16.1. The molecule has 0 aliphatic carbocycles. The van der Waals surface area contributed by atoms with Crippen LogP contribution in [-0.4, -0.2) is 18.5 Å². The van der Waals surface area contributed by atoms with E-state index in [0.29, 0.717) is 4.88 Å². The predicted molar refractivity (Wildman–Crippen MR) is 87.1 cm³/mol. The van der Waals surface area contributed by atoms with Crippen LogP contribution in [0.1, 0.15) is 38.6 Å². The van der Waals surface area contributed by atoms with Gasteiger partial charge in [-0.05, 0) is 38.5 Å². The molecule has 0 aliphatic heterocycles. The predicted octanol–water partition coefficient (Wildman–Crippen LogP) is 3.40. The van der Waals surface area contributed by atoms with Crippen molar-refractivity contribution in [2.24, 2.45) is 0 Å². The topological polar surface area (TPSA) is 55.4 Å². The van der Waals surface area contributed by atoms with Crippen LogP contribution in [0.25, 0.3) is 0 Å². The van der Waals surface area contributed by atoms with Crippen LogP contribution in [-0.2, 0) is 9.53 Å². The molecule has 0 spiro atoms. The van der Waals surface area contributed by atoms with E-state index in [-0.39, 0.29) is 18.6 Å². The molecule has 1 amide bonds.